The second-order valence-corrected chi connectivity index (χ2v) is 5.21. The topological polar surface area (TPSA) is 50.0 Å². The van der Waals surface area contributed by atoms with Crippen molar-refractivity contribution in [2.24, 2.45) is 0 Å². The number of furan rings is 1. The molecule has 1 aromatic heterocycles. The predicted octanol–water partition coefficient (Wildman–Crippen LogP) is 2.35. The molecule has 0 bridgehead atoms. The molecule has 19 heavy (non-hydrogen) atoms. The lowest BCUT2D eigenvalue weighted by atomic mass is 10.1. The van der Waals surface area contributed by atoms with Gasteiger partial charge in [0, 0.05) is 10.6 Å². The first-order chi connectivity index (χ1) is 9.06. The summed E-state index contributed by atoms with van der Waals surface area (Å²) in [5.41, 5.74) is 2.04. The molecule has 0 saturated heterocycles. The van der Waals surface area contributed by atoms with E-state index >= 15 is 0 Å². The fraction of sp³-hybridized carbons (Fsp3) is 0.333. The van der Waals surface area contributed by atoms with Gasteiger partial charge in [-0.05, 0) is 37.6 Å². The van der Waals surface area contributed by atoms with Gasteiger partial charge in [-0.2, -0.15) is 0 Å². The van der Waals surface area contributed by atoms with E-state index in [1.165, 1.54) is 0 Å². The van der Waals surface area contributed by atoms with Gasteiger partial charge in [0.2, 0.25) is 0 Å². The monoisotopic (exact) mass is 280 g/mol. The first-order valence-electron chi connectivity index (χ1n) is 6.41. The Balaban J connectivity index is 2.05. The van der Waals surface area contributed by atoms with E-state index < -0.39 is 0 Å². The van der Waals surface area contributed by atoms with Crippen LogP contribution in [0.2, 0.25) is 5.02 Å². The molecule has 1 heterocycles. The quantitative estimate of drug-likeness (QED) is 0.883. The molecule has 0 unspecified atom stereocenters. The lowest BCUT2D eigenvalue weighted by Gasteiger charge is -2.02. The molecule has 0 spiro atoms. The summed E-state index contributed by atoms with van der Waals surface area (Å²) < 4.78 is 5.77. The predicted molar refractivity (Wildman–Crippen MR) is 76.1 cm³/mol. The van der Waals surface area contributed by atoms with Crippen molar-refractivity contribution in [3.8, 4) is 11.3 Å². The van der Waals surface area contributed by atoms with Crippen molar-refractivity contribution in [3.05, 3.63) is 46.7 Å². The minimum atomic E-state index is -0.301. The van der Waals surface area contributed by atoms with Crippen molar-refractivity contribution >= 4 is 11.6 Å². The summed E-state index contributed by atoms with van der Waals surface area (Å²) in [6, 6.07) is 9.82. The number of hydrogen-bond donors (Lipinski definition) is 2. The Morgan fingerprint density at radius 2 is 2.11 bits per heavy atom. The maximum atomic E-state index is 9.19. The number of aliphatic hydroxyl groups excluding tert-OH is 1. The van der Waals surface area contributed by atoms with E-state index in [0.29, 0.717) is 6.54 Å². The summed E-state index contributed by atoms with van der Waals surface area (Å²) in [5.74, 6) is 1.72. The molecule has 0 saturated carbocycles. The summed E-state index contributed by atoms with van der Waals surface area (Å²) in [6.07, 6.45) is -0.301. The van der Waals surface area contributed by atoms with Crippen molar-refractivity contribution in [2.75, 3.05) is 6.54 Å². The lowest BCUT2D eigenvalue weighted by molar-refractivity contribution is -0.677. The van der Waals surface area contributed by atoms with Gasteiger partial charge in [-0.1, -0.05) is 23.7 Å². The minimum absolute atomic E-state index is 0.301. The third kappa shape index (κ3) is 3.83. The Bertz CT molecular complexity index is 549. The molecule has 2 rings (SSSR count). The fourth-order valence-corrected chi connectivity index (χ4v) is 2.04. The largest absolute Gasteiger partial charge is 0.455 e. The average Bonchev–Trinajstić information content (AvgIpc) is 2.81. The molecule has 1 atom stereocenters. The van der Waals surface area contributed by atoms with Gasteiger partial charge >= 0.3 is 0 Å². The Morgan fingerprint density at radius 3 is 2.79 bits per heavy atom. The molecule has 3 nitrogen and oxygen atoms in total. The zero-order valence-electron chi connectivity index (χ0n) is 11.2. The second-order valence-electron chi connectivity index (χ2n) is 4.81. The highest BCUT2D eigenvalue weighted by molar-refractivity contribution is 6.31. The average molecular weight is 281 g/mol. The van der Waals surface area contributed by atoms with Crippen LogP contribution in [0.1, 0.15) is 18.2 Å². The van der Waals surface area contributed by atoms with Gasteiger partial charge in [-0.25, -0.2) is 0 Å². The smallest absolute Gasteiger partial charge is 0.158 e. The van der Waals surface area contributed by atoms with Gasteiger partial charge in [-0.3, -0.25) is 0 Å². The van der Waals surface area contributed by atoms with Crippen molar-refractivity contribution in [1.82, 2.24) is 0 Å². The Hall–Kier alpha value is -1.29. The van der Waals surface area contributed by atoms with Crippen LogP contribution in [0.3, 0.4) is 0 Å². The molecule has 0 radical (unpaired) electrons. The van der Waals surface area contributed by atoms with Crippen LogP contribution in [0.5, 0.6) is 0 Å². The number of halogens is 1. The molecule has 0 aliphatic rings. The Labute approximate surface area is 118 Å². The third-order valence-corrected chi connectivity index (χ3v) is 3.38. The maximum absolute atomic E-state index is 9.19. The van der Waals surface area contributed by atoms with Gasteiger partial charge in [-0.15, -0.1) is 0 Å². The number of aliphatic hydroxyl groups is 1. The molecule has 1 aromatic carbocycles. The standard InChI is InChI=1S/C15H18ClNO2/c1-10-3-4-12(7-14(10)16)15-6-5-13(19-15)9-17-8-11(2)18/h3-7,11,17-18H,8-9H2,1-2H3/p+1/t11-/m1/s1. The third-order valence-electron chi connectivity index (χ3n) is 2.97. The van der Waals surface area contributed by atoms with E-state index in [0.717, 1.165) is 34.2 Å². The van der Waals surface area contributed by atoms with Crippen LogP contribution in [0.25, 0.3) is 11.3 Å². The highest BCUT2D eigenvalue weighted by atomic mass is 35.5. The number of nitrogens with two attached hydrogens (primary N) is 1. The fourth-order valence-electron chi connectivity index (χ4n) is 1.86. The molecule has 102 valence electrons. The van der Waals surface area contributed by atoms with E-state index in [9.17, 15) is 5.11 Å². The molecular formula is C15H19ClNO2+. The number of rotatable bonds is 5. The van der Waals surface area contributed by atoms with E-state index in [1.807, 2.05) is 42.6 Å². The Kier molecular flexibility index (Phi) is 4.64. The SMILES string of the molecule is Cc1ccc(-c2ccc(C[NH2+]C[C@@H](C)O)o2)cc1Cl. The highest BCUT2D eigenvalue weighted by Gasteiger charge is 2.08. The first-order valence-corrected chi connectivity index (χ1v) is 6.79. The number of benzene rings is 1. The zero-order chi connectivity index (χ0) is 13.8. The number of aryl methyl sites for hydroxylation is 1. The van der Waals surface area contributed by atoms with Crippen LogP contribution in [-0.4, -0.2) is 17.8 Å². The maximum Gasteiger partial charge on any atom is 0.158 e. The lowest BCUT2D eigenvalue weighted by Crippen LogP contribution is -2.84. The summed E-state index contributed by atoms with van der Waals surface area (Å²) >= 11 is 6.11. The summed E-state index contributed by atoms with van der Waals surface area (Å²) in [5, 5.41) is 12.0. The normalized spacial score (nSPS) is 12.6. The van der Waals surface area contributed by atoms with Crippen molar-refractivity contribution < 1.29 is 14.8 Å². The molecular weight excluding hydrogens is 262 g/mol. The van der Waals surface area contributed by atoms with Crippen molar-refractivity contribution in [1.29, 1.82) is 0 Å². The second kappa shape index (κ2) is 6.24. The van der Waals surface area contributed by atoms with Gasteiger partial charge in [0.1, 0.15) is 18.8 Å². The van der Waals surface area contributed by atoms with E-state index in [2.05, 4.69) is 0 Å². The van der Waals surface area contributed by atoms with Crippen molar-refractivity contribution in [3.63, 3.8) is 0 Å². The van der Waals surface area contributed by atoms with Crippen LogP contribution in [0, 0.1) is 6.92 Å². The van der Waals surface area contributed by atoms with Gasteiger partial charge in [0.05, 0.1) is 6.10 Å². The van der Waals surface area contributed by atoms with Gasteiger partial charge in [0.15, 0.2) is 5.76 Å². The molecule has 0 amide bonds. The van der Waals surface area contributed by atoms with E-state index in [4.69, 9.17) is 16.0 Å². The van der Waals surface area contributed by atoms with E-state index in [-0.39, 0.29) is 6.10 Å². The van der Waals surface area contributed by atoms with Crippen LogP contribution in [0.4, 0.5) is 0 Å². The number of quaternary nitrogens is 1. The summed E-state index contributed by atoms with van der Waals surface area (Å²) in [4.78, 5) is 0. The van der Waals surface area contributed by atoms with Gasteiger partial charge in [0.25, 0.3) is 0 Å². The molecule has 0 fully saturated rings. The summed E-state index contributed by atoms with van der Waals surface area (Å²) in [6.45, 7) is 5.15. The van der Waals surface area contributed by atoms with Gasteiger partial charge < -0.3 is 14.8 Å². The summed E-state index contributed by atoms with van der Waals surface area (Å²) in [7, 11) is 0. The first kappa shape index (κ1) is 14.1. The molecule has 0 aliphatic heterocycles. The van der Waals surface area contributed by atoms with Crippen LogP contribution < -0.4 is 5.32 Å². The molecule has 0 aliphatic carbocycles. The van der Waals surface area contributed by atoms with Crippen molar-refractivity contribution in [2.45, 2.75) is 26.5 Å². The van der Waals surface area contributed by atoms with Crippen LogP contribution in [0.15, 0.2) is 34.7 Å². The highest BCUT2D eigenvalue weighted by Crippen LogP contribution is 2.26. The van der Waals surface area contributed by atoms with Crippen LogP contribution in [-0.2, 0) is 6.54 Å². The minimum Gasteiger partial charge on any atom is -0.455 e. The van der Waals surface area contributed by atoms with E-state index in [1.54, 1.807) is 6.92 Å². The molecule has 4 heteroatoms. The zero-order valence-corrected chi connectivity index (χ0v) is 11.9. The molecule has 3 N–H and O–H groups in total. The Morgan fingerprint density at radius 1 is 1.32 bits per heavy atom. The van der Waals surface area contributed by atoms with Crippen LogP contribution >= 0.6 is 11.6 Å². The molecule has 2 aromatic rings. The number of hydrogen-bond acceptors (Lipinski definition) is 2.